The summed E-state index contributed by atoms with van der Waals surface area (Å²) >= 11 is 0. The summed E-state index contributed by atoms with van der Waals surface area (Å²) in [4.78, 5) is 32.4. The van der Waals surface area contributed by atoms with Crippen LogP contribution >= 0.6 is 0 Å². The molecule has 2 aromatic carbocycles. The van der Waals surface area contributed by atoms with Crippen molar-refractivity contribution in [2.75, 3.05) is 0 Å². The van der Waals surface area contributed by atoms with Crippen molar-refractivity contribution in [1.82, 2.24) is 19.7 Å². The lowest BCUT2D eigenvalue weighted by molar-refractivity contribution is 0.432. The summed E-state index contributed by atoms with van der Waals surface area (Å²) in [5, 5.41) is 4.52. The Balaban J connectivity index is 1.74. The number of hydrogen-bond acceptors (Lipinski definition) is 5. The molecule has 7 heteroatoms. The van der Waals surface area contributed by atoms with Crippen molar-refractivity contribution < 1.29 is 4.52 Å². The van der Waals surface area contributed by atoms with E-state index in [4.69, 9.17) is 4.52 Å². The molecule has 0 amide bonds. The number of rotatable bonds is 5. The zero-order valence-corrected chi connectivity index (χ0v) is 16.6. The molecule has 0 aliphatic rings. The summed E-state index contributed by atoms with van der Waals surface area (Å²) in [5.74, 6) is 1.23. The maximum absolute atomic E-state index is 12.7. The lowest BCUT2D eigenvalue weighted by Gasteiger charge is -2.08. The van der Waals surface area contributed by atoms with Crippen LogP contribution in [0.3, 0.4) is 0 Å². The van der Waals surface area contributed by atoms with Gasteiger partial charge >= 0.3 is 5.69 Å². The van der Waals surface area contributed by atoms with Gasteiger partial charge in [0.25, 0.3) is 11.4 Å². The van der Waals surface area contributed by atoms with Gasteiger partial charge in [-0.15, -0.1) is 0 Å². The molecule has 0 saturated heterocycles. The van der Waals surface area contributed by atoms with Crippen LogP contribution in [-0.4, -0.2) is 19.7 Å². The number of aromatic nitrogens is 4. The highest BCUT2D eigenvalue weighted by atomic mass is 16.5. The van der Waals surface area contributed by atoms with E-state index >= 15 is 0 Å². The number of aromatic amines is 1. The third kappa shape index (κ3) is 3.63. The standard InChI is InChI=1S/C22H22N4O3/c1-13(2)10-11-26-21(27)17-9-8-15(12-18(17)23-22(26)28)20-24-19(25-29-20)16-7-5-4-6-14(16)3/h4-9,12-13H,10-11H2,1-3H3,(H,23,28). The number of hydrogen-bond donors (Lipinski definition) is 1. The monoisotopic (exact) mass is 390 g/mol. The van der Waals surface area contributed by atoms with E-state index in [0.717, 1.165) is 17.5 Å². The zero-order chi connectivity index (χ0) is 20.5. The molecule has 2 heterocycles. The first-order valence-corrected chi connectivity index (χ1v) is 9.61. The lowest BCUT2D eigenvalue weighted by Crippen LogP contribution is -2.35. The third-order valence-corrected chi connectivity index (χ3v) is 4.97. The molecule has 4 rings (SSSR count). The van der Waals surface area contributed by atoms with Crippen molar-refractivity contribution in [3.8, 4) is 22.8 Å². The SMILES string of the molecule is Cc1ccccc1-c1noc(-c2ccc3c(=O)n(CCC(C)C)c(=O)[nH]c3c2)n1. The van der Waals surface area contributed by atoms with Gasteiger partial charge in [-0.2, -0.15) is 4.98 Å². The molecule has 29 heavy (non-hydrogen) atoms. The molecule has 0 saturated carbocycles. The maximum atomic E-state index is 12.7. The fourth-order valence-corrected chi connectivity index (χ4v) is 3.25. The van der Waals surface area contributed by atoms with Gasteiger partial charge in [0, 0.05) is 17.7 Å². The first-order valence-electron chi connectivity index (χ1n) is 9.61. The Labute approximate surface area is 167 Å². The van der Waals surface area contributed by atoms with Crippen molar-refractivity contribution in [3.05, 3.63) is 68.9 Å². The van der Waals surface area contributed by atoms with Crippen LogP contribution in [-0.2, 0) is 6.54 Å². The van der Waals surface area contributed by atoms with Crippen LogP contribution in [0.4, 0.5) is 0 Å². The van der Waals surface area contributed by atoms with Gasteiger partial charge < -0.3 is 9.51 Å². The second kappa shape index (κ2) is 7.50. The normalized spacial score (nSPS) is 11.4. The molecule has 7 nitrogen and oxygen atoms in total. The lowest BCUT2D eigenvalue weighted by atomic mass is 10.1. The van der Waals surface area contributed by atoms with Gasteiger partial charge in [-0.25, -0.2) is 4.79 Å². The van der Waals surface area contributed by atoms with Gasteiger partial charge in [0.15, 0.2) is 0 Å². The molecule has 0 unspecified atom stereocenters. The Morgan fingerprint density at radius 3 is 2.69 bits per heavy atom. The van der Waals surface area contributed by atoms with E-state index in [0.29, 0.717) is 40.6 Å². The van der Waals surface area contributed by atoms with E-state index in [2.05, 4.69) is 29.0 Å². The Hall–Kier alpha value is -3.48. The Bertz CT molecular complexity index is 1300. The second-order valence-corrected chi connectivity index (χ2v) is 7.57. The van der Waals surface area contributed by atoms with Gasteiger partial charge in [-0.3, -0.25) is 9.36 Å². The smallest absolute Gasteiger partial charge is 0.328 e. The minimum Gasteiger partial charge on any atom is -0.334 e. The number of aryl methyl sites for hydroxylation is 1. The summed E-state index contributed by atoms with van der Waals surface area (Å²) < 4.78 is 6.68. The van der Waals surface area contributed by atoms with Crippen LogP contribution in [0.2, 0.25) is 0 Å². The number of nitrogens with one attached hydrogen (secondary N) is 1. The predicted molar refractivity (Wildman–Crippen MR) is 112 cm³/mol. The molecule has 0 atom stereocenters. The molecular weight excluding hydrogens is 368 g/mol. The largest absolute Gasteiger partial charge is 0.334 e. The summed E-state index contributed by atoms with van der Waals surface area (Å²) in [5.41, 5.74) is 2.33. The van der Waals surface area contributed by atoms with Crippen LogP contribution in [0.15, 0.2) is 56.6 Å². The van der Waals surface area contributed by atoms with Crippen molar-refractivity contribution in [3.63, 3.8) is 0 Å². The average Bonchev–Trinajstić information content (AvgIpc) is 3.17. The van der Waals surface area contributed by atoms with E-state index in [9.17, 15) is 9.59 Å². The minimum atomic E-state index is -0.411. The number of benzene rings is 2. The first kappa shape index (κ1) is 18.9. The molecule has 0 fully saturated rings. The van der Waals surface area contributed by atoms with E-state index in [1.165, 1.54) is 4.57 Å². The number of fused-ring (bicyclic) bond motifs is 1. The van der Waals surface area contributed by atoms with Crippen molar-refractivity contribution in [2.45, 2.75) is 33.7 Å². The third-order valence-electron chi connectivity index (χ3n) is 4.97. The highest BCUT2D eigenvalue weighted by Crippen LogP contribution is 2.25. The number of nitrogens with zero attached hydrogens (tertiary/aromatic N) is 3. The van der Waals surface area contributed by atoms with E-state index in [-0.39, 0.29) is 5.56 Å². The van der Waals surface area contributed by atoms with Gasteiger partial charge in [0.2, 0.25) is 5.82 Å². The first-order chi connectivity index (χ1) is 13.9. The second-order valence-electron chi connectivity index (χ2n) is 7.57. The quantitative estimate of drug-likeness (QED) is 0.560. The van der Waals surface area contributed by atoms with Gasteiger partial charge in [0.1, 0.15) is 0 Å². The van der Waals surface area contributed by atoms with Crippen LogP contribution in [0.1, 0.15) is 25.8 Å². The van der Waals surface area contributed by atoms with E-state index < -0.39 is 5.69 Å². The summed E-state index contributed by atoms with van der Waals surface area (Å²) in [7, 11) is 0. The minimum absolute atomic E-state index is 0.290. The fourth-order valence-electron chi connectivity index (χ4n) is 3.25. The summed E-state index contributed by atoms with van der Waals surface area (Å²) in [6.45, 7) is 6.49. The number of H-pyrrole nitrogens is 1. The molecule has 2 aromatic heterocycles. The van der Waals surface area contributed by atoms with Gasteiger partial charge in [0.05, 0.1) is 10.9 Å². The molecule has 0 aliphatic carbocycles. The van der Waals surface area contributed by atoms with Crippen molar-refractivity contribution in [1.29, 1.82) is 0 Å². The highest BCUT2D eigenvalue weighted by Gasteiger charge is 2.14. The summed E-state index contributed by atoms with van der Waals surface area (Å²) in [6.07, 6.45) is 0.760. The molecule has 1 N–H and O–H groups in total. The van der Waals surface area contributed by atoms with Gasteiger partial charge in [-0.05, 0) is 43.0 Å². The molecule has 0 aliphatic heterocycles. The molecule has 0 radical (unpaired) electrons. The van der Waals surface area contributed by atoms with E-state index in [1.807, 2.05) is 31.2 Å². The van der Waals surface area contributed by atoms with Gasteiger partial charge in [-0.1, -0.05) is 43.3 Å². The Morgan fingerprint density at radius 2 is 1.93 bits per heavy atom. The highest BCUT2D eigenvalue weighted by molar-refractivity contribution is 5.82. The zero-order valence-electron chi connectivity index (χ0n) is 16.6. The predicted octanol–water partition coefficient (Wildman–Crippen LogP) is 3.76. The summed E-state index contributed by atoms with van der Waals surface area (Å²) in [6, 6.07) is 12.9. The van der Waals surface area contributed by atoms with Crippen molar-refractivity contribution >= 4 is 10.9 Å². The molecule has 4 aromatic rings. The van der Waals surface area contributed by atoms with Crippen LogP contribution in [0, 0.1) is 12.8 Å². The molecule has 148 valence electrons. The van der Waals surface area contributed by atoms with Crippen molar-refractivity contribution in [2.24, 2.45) is 5.92 Å². The van der Waals surface area contributed by atoms with Crippen LogP contribution in [0.25, 0.3) is 33.7 Å². The fraction of sp³-hybridized carbons (Fsp3) is 0.273. The average molecular weight is 390 g/mol. The van der Waals surface area contributed by atoms with Crippen LogP contribution in [0.5, 0.6) is 0 Å². The maximum Gasteiger partial charge on any atom is 0.328 e. The Morgan fingerprint density at radius 1 is 1.14 bits per heavy atom. The molecule has 0 spiro atoms. The topological polar surface area (TPSA) is 93.8 Å². The van der Waals surface area contributed by atoms with E-state index in [1.54, 1.807) is 18.2 Å². The molecule has 0 bridgehead atoms. The van der Waals surface area contributed by atoms with Crippen LogP contribution < -0.4 is 11.2 Å². The Kier molecular flexibility index (Phi) is 4.88. The molecular formula is C22H22N4O3.